The Morgan fingerprint density at radius 3 is 2.01 bits per heavy atom. The Morgan fingerprint density at radius 1 is 0.764 bits per heavy atom. The Morgan fingerprint density at radius 2 is 1.40 bits per heavy atom. The molecule has 0 saturated carbocycles. The third-order valence-electron chi connectivity index (χ3n) is 12.0. The second-order valence-electron chi connectivity index (χ2n) is 17.5. The number of sulfonamides is 5. The molecule has 0 bridgehead atoms. The van der Waals surface area contributed by atoms with Gasteiger partial charge in [0.25, 0.3) is 20.0 Å². The molecule has 0 spiro atoms. The van der Waals surface area contributed by atoms with Crippen molar-refractivity contribution in [1.82, 2.24) is 12.6 Å². The van der Waals surface area contributed by atoms with Crippen molar-refractivity contribution < 1.29 is 69.5 Å². The van der Waals surface area contributed by atoms with E-state index in [1.54, 1.807) is 79.5 Å². The van der Waals surface area contributed by atoms with Crippen LogP contribution in [0.2, 0.25) is 0 Å². The first-order valence-corrected chi connectivity index (χ1v) is 29.5. The Hall–Kier alpha value is -5.73. The van der Waals surface area contributed by atoms with Crippen LogP contribution in [0.4, 0.5) is 13.2 Å². The minimum Gasteiger partial charge on any atom is -0.459 e. The number of nitrogens with one attached hydrogen (secondary N) is 2. The largest absolute Gasteiger partial charge is 0.512 e. The fraction of sp³-hybridized carbons (Fsp3) is 0.271. The Balaban J connectivity index is 1.36. The number of nitrogens with zero attached hydrogens (tertiary/aromatic N) is 1. The Kier molecular flexibility index (Phi) is 14.7. The first-order chi connectivity index (χ1) is 33.3. The predicted octanol–water partition coefficient (Wildman–Crippen LogP) is 5.33. The smallest absolute Gasteiger partial charge is 0.459 e. The zero-order valence-electron chi connectivity index (χ0n) is 39.4. The van der Waals surface area contributed by atoms with Crippen LogP contribution in [0.1, 0.15) is 69.8 Å². The molecule has 384 valence electrons. The van der Waals surface area contributed by atoms with Gasteiger partial charge in [0.15, 0.2) is 0 Å². The van der Waals surface area contributed by atoms with Crippen LogP contribution in [-0.4, -0.2) is 83.3 Å². The topological polar surface area (TPSA) is 234 Å². The number of aryl methyl sites for hydroxylation is 3. The average molecular weight is 1090 g/mol. The third-order valence-corrected chi connectivity index (χ3v) is 20.3. The number of halogens is 3. The van der Waals surface area contributed by atoms with Gasteiger partial charge in [0.05, 0.1) is 20.9 Å². The summed E-state index contributed by atoms with van der Waals surface area (Å²) in [4.78, 5) is 11.2. The molecule has 1 saturated heterocycles. The van der Waals surface area contributed by atoms with Crippen LogP contribution >= 0.6 is 0 Å². The lowest BCUT2D eigenvalue weighted by molar-refractivity contribution is -0.145. The summed E-state index contributed by atoms with van der Waals surface area (Å²) in [5.74, 6) is -0.0738. The average Bonchev–Trinajstić information content (AvgIpc) is 3.26. The SMILES string of the molecule is C=C(C)C(=O)OC1CCN(S(=O)(=O)c2ccccc2C2=c3cc/c(=C\c4c(C)ccc(S(=O)(=O)NS(=O)(=O)C(F)(F)F)c4C)cc3Oc3cc(Cc4c(C)cc(S(=O)(=O)NS(C)(=O)=O)cc4C)ccc32)CC1. The predicted molar refractivity (Wildman–Crippen MR) is 262 cm³/mol. The molecule has 24 heteroatoms. The molecule has 1 fully saturated rings. The first-order valence-electron chi connectivity index (χ1n) is 21.7. The van der Waals surface area contributed by atoms with Gasteiger partial charge in [-0.25, -0.2) is 46.9 Å². The van der Waals surface area contributed by atoms with Crippen LogP contribution in [-0.2, 0) is 66.1 Å². The lowest BCUT2D eigenvalue weighted by atomic mass is 9.90. The summed E-state index contributed by atoms with van der Waals surface area (Å²) in [6.45, 7) is 11.5. The number of ether oxygens (including phenoxy) is 2. The van der Waals surface area contributed by atoms with Crippen molar-refractivity contribution in [3.63, 3.8) is 0 Å². The summed E-state index contributed by atoms with van der Waals surface area (Å²) < 4.78 is 184. The van der Waals surface area contributed by atoms with Gasteiger partial charge in [-0.3, -0.25) is 0 Å². The lowest BCUT2D eigenvalue weighted by Gasteiger charge is -2.32. The molecular weight excluding hydrogens is 1040 g/mol. The maximum atomic E-state index is 14.7. The molecule has 2 N–H and O–H groups in total. The van der Waals surface area contributed by atoms with E-state index in [4.69, 9.17) is 9.47 Å². The van der Waals surface area contributed by atoms with Crippen molar-refractivity contribution in [1.29, 1.82) is 0 Å². The summed E-state index contributed by atoms with van der Waals surface area (Å²) in [5, 5.41) is 0.838. The van der Waals surface area contributed by atoms with Gasteiger partial charge >= 0.3 is 21.5 Å². The highest BCUT2D eigenvalue weighted by Gasteiger charge is 2.48. The number of hydrogen-bond donors (Lipinski definition) is 2. The number of piperidine rings is 1. The number of carbonyl (C=O) groups excluding carboxylic acids is 1. The minimum absolute atomic E-state index is 0.0343. The van der Waals surface area contributed by atoms with Crippen molar-refractivity contribution in [2.45, 2.75) is 80.2 Å². The van der Waals surface area contributed by atoms with Gasteiger partial charge in [-0.2, -0.15) is 17.5 Å². The highest BCUT2D eigenvalue weighted by molar-refractivity contribution is 8.05. The molecule has 0 aliphatic carbocycles. The molecule has 2 aliphatic rings. The molecule has 2 aliphatic heterocycles. The van der Waals surface area contributed by atoms with E-state index in [0.717, 1.165) is 22.0 Å². The van der Waals surface area contributed by atoms with E-state index >= 15 is 0 Å². The van der Waals surface area contributed by atoms with E-state index in [-0.39, 0.29) is 70.3 Å². The van der Waals surface area contributed by atoms with Crippen molar-refractivity contribution in [3.8, 4) is 11.5 Å². The van der Waals surface area contributed by atoms with Gasteiger partial charge in [-0.1, -0.05) is 53.2 Å². The zero-order valence-corrected chi connectivity index (χ0v) is 43.5. The number of benzene rings is 5. The molecule has 16 nitrogen and oxygen atoms in total. The summed E-state index contributed by atoms with van der Waals surface area (Å²) in [7, 11) is -24.3. The maximum Gasteiger partial charge on any atom is 0.512 e. The van der Waals surface area contributed by atoms with Gasteiger partial charge in [0.2, 0.25) is 20.0 Å². The molecule has 5 aromatic rings. The second kappa shape index (κ2) is 19.6. The molecular formula is C48H48F3N3O13S5. The molecule has 5 aromatic carbocycles. The molecule has 72 heavy (non-hydrogen) atoms. The highest BCUT2D eigenvalue weighted by Crippen LogP contribution is 2.40. The summed E-state index contributed by atoms with van der Waals surface area (Å²) in [6, 6.07) is 21.6. The van der Waals surface area contributed by atoms with Crippen LogP contribution < -0.4 is 23.4 Å². The molecule has 7 rings (SSSR count). The normalized spacial score (nSPS) is 15.4. The second-order valence-corrected chi connectivity index (χ2v) is 26.7. The molecule has 2 heterocycles. The zero-order chi connectivity index (χ0) is 53.1. The number of carbonyl (C=O) groups is 1. The third kappa shape index (κ3) is 11.2. The summed E-state index contributed by atoms with van der Waals surface area (Å²) >= 11 is 0. The molecule has 0 aromatic heterocycles. The Bertz CT molecular complexity index is 3790. The van der Waals surface area contributed by atoms with E-state index in [1.165, 1.54) is 48.5 Å². The number of fused-ring (bicyclic) bond motifs is 2. The fourth-order valence-corrected chi connectivity index (χ4v) is 15.5. The summed E-state index contributed by atoms with van der Waals surface area (Å²) in [5.41, 5.74) is -1.33. The van der Waals surface area contributed by atoms with Gasteiger partial charge in [0.1, 0.15) is 17.6 Å². The fourth-order valence-electron chi connectivity index (χ4n) is 8.52. The quantitative estimate of drug-likeness (QED) is 0.104. The van der Waals surface area contributed by atoms with Crippen LogP contribution in [0.5, 0.6) is 11.5 Å². The molecule has 0 amide bonds. The van der Waals surface area contributed by atoms with Crippen LogP contribution in [0.15, 0.2) is 112 Å². The Labute approximate surface area is 416 Å². The van der Waals surface area contributed by atoms with E-state index in [0.29, 0.717) is 49.4 Å². The van der Waals surface area contributed by atoms with E-state index < -0.39 is 72.6 Å². The van der Waals surface area contributed by atoms with Crippen LogP contribution in [0.3, 0.4) is 0 Å². The monoisotopic (exact) mass is 1090 g/mol. The van der Waals surface area contributed by atoms with Gasteiger partial charge < -0.3 is 9.47 Å². The van der Waals surface area contributed by atoms with E-state index in [9.17, 15) is 60.1 Å². The summed E-state index contributed by atoms with van der Waals surface area (Å²) in [6.07, 6.45) is 2.47. The van der Waals surface area contributed by atoms with Crippen molar-refractivity contribution >= 4 is 67.7 Å². The number of hydrogen-bond acceptors (Lipinski definition) is 13. The van der Waals surface area contributed by atoms with E-state index in [1.807, 2.05) is 0 Å². The van der Waals surface area contributed by atoms with Crippen molar-refractivity contribution in [2.24, 2.45) is 0 Å². The van der Waals surface area contributed by atoms with E-state index in [2.05, 4.69) is 6.58 Å². The van der Waals surface area contributed by atoms with Crippen LogP contribution in [0, 0.1) is 27.7 Å². The number of esters is 1. The van der Waals surface area contributed by atoms with Crippen LogP contribution in [0.25, 0.3) is 11.6 Å². The van der Waals surface area contributed by atoms with Crippen molar-refractivity contribution in [3.05, 3.63) is 158 Å². The highest BCUT2D eigenvalue weighted by atomic mass is 32.3. The standard InChI is InChI=1S/C48H48F3N3O13S5/c1-28(2)47(55)66-35-18-20-54(21-19-35)71(62,63)45-11-9-8-10-39(45)46-37-15-13-33(24-40-30(4)22-36(23-31(40)5)69(58,59)52-68(7,56)57)26-42(37)67-43-27-34(14-16-38(43)46)25-41-29(3)12-17-44(32(41)6)70(60,61)53-72(64,65)48(49,50)51/h8-17,22-23,25-27,35,52-53H,1,18-21,24H2,2-7H3/b34-25+. The molecule has 0 atom stereocenters. The molecule has 0 unspecified atom stereocenters. The van der Waals surface area contributed by atoms with Gasteiger partial charge in [-0.15, -0.1) is 4.13 Å². The molecule has 0 radical (unpaired) electrons. The first kappa shape index (κ1) is 54.1. The van der Waals surface area contributed by atoms with Gasteiger partial charge in [-0.05, 0) is 147 Å². The number of rotatable bonds is 14. The minimum atomic E-state index is -6.30. The number of alkyl halides is 3. The lowest BCUT2D eigenvalue weighted by Crippen LogP contribution is -2.41. The van der Waals surface area contributed by atoms with Gasteiger partial charge in [0, 0.05) is 40.6 Å². The maximum absolute atomic E-state index is 14.7. The van der Waals surface area contributed by atoms with Crippen molar-refractivity contribution in [2.75, 3.05) is 19.3 Å².